The molecule has 0 spiro atoms. The van der Waals surface area contributed by atoms with Gasteiger partial charge in [-0.3, -0.25) is 9.69 Å². The largest absolute Gasteiger partial charge is 0.298 e. The van der Waals surface area contributed by atoms with E-state index in [1.807, 2.05) is 6.92 Å². The lowest BCUT2D eigenvalue weighted by atomic mass is 10.0. The van der Waals surface area contributed by atoms with Crippen molar-refractivity contribution in [1.29, 1.82) is 0 Å². The second-order valence-electron chi connectivity index (χ2n) is 5.24. The van der Waals surface area contributed by atoms with Gasteiger partial charge in [-0.05, 0) is 39.0 Å². The molecule has 0 aromatic heterocycles. The van der Waals surface area contributed by atoms with E-state index in [1.165, 1.54) is 12.8 Å². The number of nitrogens with zero attached hydrogens (tertiary/aromatic N) is 1. The third-order valence-corrected chi connectivity index (χ3v) is 3.44. The first-order valence-corrected chi connectivity index (χ1v) is 6.31. The van der Waals surface area contributed by atoms with Gasteiger partial charge < -0.3 is 0 Å². The third kappa shape index (κ3) is 4.33. The maximum absolute atomic E-state index is 11.8. The minimum Gasteiger partial charge on any atom is -0.298 e. The summed E-state index contributed by atoms with van der Waals surface area (Å²) in [5.41, 5.74) is 0. The fraction of sp³-hybridized carbons (Fsp3) is 0.923. The van der Waals surface area contributed by atoms with Crippen LogP contribution in [0.4, 0.5) is 0 Å². The molecule has 2 nitrogen and oxygen atoms in total. The van der Waals surface area contributed by atoms with Crippen molar-refractivity contribution in [2.45, 2.75) is 53.0 Å². The number of rotatable bonds is 7. The molecule has 2 heteroatoms. The fourth-order valence-electron chi connectivity index (χ4n) is 1.67. The van der Waals surface area contributed by atoms with Crippen molar-refractivity contribution < 1.29 is 4.79 Å². The molecule has 1 saturated carbocycles. The third-order valence-electron chi connectivity index (χ3n) is 3.44. The summed E-state index contributed by atoms with van der Waals surface area (Å²) in [6, 6.07) is 0.499. The molecular weight excluding hydrogens is 186 g/mol. The average Bonchev–Trinajstić information content (AvgIpc) is 2.99. The van der Waals surface area contributed by atoms with E-state index >= 15 is 0 Å². The topological polar surface area (TPSA) is 20.3 Å². The Kier molecular flexibility index (Phi) is 4.78. The molecular formula is C13H25NO. The first kappa shape index (κ1) is 12.7. The van der Waals surface area contributed by atoms with Gasteiger partial charge in [-0.2, -0.15) is 0 Å². The van der Waals surface area contributed by atoms with Crippen LogP contribution in [-0.4, -0.2) is 29.8 Å². The summed E-state index contributed by atoms with van der Waals surface area (Å²) in [5.74, 6) is 1.51. The van der Waals surface area contributed by atoms with Gasteiger partial charge in [0.2, 0.25) is 0 Å². The van der Waals surface area contributed by atoms with E-state index < -0.39 is 0 Å². The van der Waals surface area contributed by atoms with E-state index in [0.29, 0.717) is 18.4 Å². The maximum atomic E-state index is 11.8. The number of carbonyl (C=O) groups excluding carboxylic acids is 1. The van der Waals surface area contributed by atoms with E-state index in [2.05, 4.69) is 25.7 Å². The monoisotopic (exact) mass is 211 g/mol. The molecule has 0 amide bonds. The van der Waals surface area contributed by atoms with Gasteiger partial charge in [0.1, 0.15) is 5.78 Å². The van der Waals surface area contributed by atoms with Crippen molar-refractivity contribution in [3.05, 3.63) is 0 Å². The normalized spacial score (nSPS) is 18.5. The summed E-state index contributed by atoms with van der Waals surface area (Å²) in [6.45, 7) is 10.3. The predicted molar refractivity (Wildman–Crippen MR) is 63.9 cm³/mol. The highest BCUT2D eigenvalue weighted by Gasteiger charge is 2.27. The molecule has 0 heterocycles. The first-order valence-electron chi connectivity index (χ1n) is 6.31. The molecule has 0 aliphatic heterocycles. The van der Waals surface area contributed by atoms with Gasteiger partial charge in [0.15, 0.2) is 0 Å². The quantitative estimate of drug-likeness (QED) is 0.645. The second-order valence-corrected chi connectivity index (χ2v) is 5.24. The van der Waals surface area contributed by atoms with Gasteiger partial charge in [0, 0.05) is 18.5 Å². The van der Waals surface area contributed by atoms with Crippen LogP contribution in [0.3, 0.4) is 0 Å². The SMILES string of the molecule is CCC(C)C(=O)CN(CC1CC1)C(C)C. The fourth-order valence-corrected chi connectivity index (χ4v) is 1.67. The summed E-state index contributed by atoms with van der Waals surface area (Å²) in [6.07, 6.45) is 3.69. The Morgan fingerprint density at radius 1 is 1.33 bits per heavy atom. The zero-order chi connectivity index (χ0) is 11.4. The van der Waals surface area contributed by atoms with Crippen molar-refractivity contribution in [3.8, 4) is 0 Å². The highest BCUT2D eigenvalue weighted by Crippen LogP contribution is 2.30. The van der Waals surface area contributed by atoms with Crippen LogP contribution >= 0.6 is 0 Å². The van der Waals surface area contributed by atoms with Gasteiger partial charge in [-0.25, -0.2) is 0 Å². The van der Waals surface area contributed by atoms with E-state index in [1.54, 1.807) is 0 Å². The summed E-state index contributed by atoms with van der Waals surface area (Å²) >= 11 is 0. The molecule has 1 rings (SSSR count). The summed E-state index contributed by atoms with van der Waals surface area (Å²) in [5, 5.41) is 0. The Hall–Kier alpha value is -0.370. The lowest BCUT2D eigenvalue weighted by Gasteiger charge is -2.26. The highest BCUT2D eigenvalue weighted by molar-refractivity contribution is 5.82. The van der Waals surface area contributed by atoms with Crippen molar-refractivity contribution >= 4 is 5.78 Å². The number of ketones is 1. The molecule has 88 valence electrons. The molecule has 1 aliphatic carbocycles. The van der Waals surface area contributed by atoms with E-state index in [0.717, 1.165) is 18.9 Å². The van der Waals surface area contributed by atoms with E-state index in [4.69, 9.17) is 0 Å². The van der Waals surface area contributed by atoms with Gasteiger partial charge in [-0.15, -0.1) is 0 Å². The van der Waals surface area contributed by atoms with Crippen LogP contribution in [-0.2, 0) is 4.79 Å². The molecule has 1 fully saturated rings. The Bertz CT molecular complexity index is 209. The predicted octanol–water partition coefficient (Wildman–Crippen LogP) is 2.72. The van der Waals surface area contributed by atoms with Crippen molar-refractivity contribution in [2.75, 3.05) is 13.1 Å². The van der Waals surface area contributed by atoms with Gasteiger partial charge in [0.05, 0.1) is 6.54 Å². The number of Topliss-reactive ketones (excluding diaryl/α,β-unsaturated/α-hetero) is 1. The second kappa shape index (κ2) is 5.64. The number of hydrogen-bond donors (Lipinski definition) is 0. The van der Waals surface area contributed by atoms with Crippen molar-refractivity contribution in [1.82, 2.24) is 4.90 Å². The first-order chi connectivity index (χ1) is 7.04. The molecule has 0 radical (unpaired) electrons. The van der Waals surface area contributed by atoms with Crippen LogP contribution in [0.25, 0.3) is 0 Å². The van der Waals surface area contributed by atoms with E-state index in [9.17, 15) is 4.79 Å². The molecule has 1 atom stereocenters. The van der Waals surface area contributed by atoms with Gasteiger partial charge >= 0.3 is 0 Å². The molecule has 15 heavy (non-hydrogen) atoms. The zero-order valence-electron chi connectivity index (χ0n) is 10.6. The van der Waals surface area contributed by atoms with Gasteiger partial charge in [-0.1, -0.05) is 13.8 Å². The Balaban J connectivity index is 2.38. The van der Waals surface area contributed by atoms with Crippen LogP contribution < -0.4 is 0 Å². The lowest BCUT2D eigenvalue weighted by molar-refractivity contribution is -0.124. The number of carbonyl (C=O) groups is 1. The Morgan fingerprint density at radius 2 is 1.93 bits per heavy atom. The van der Waals surface area contributed by atoms with Crippen molar-refractivity contribution in [2.24, 2.45) is 11.8 Å². The Morgan fingerprint density at radius 3 is 2.33 bits per heavy atom. The van der Waals surface area contributed by atoms with Crippen LogP contribution in [0.5, 0.6) is 0 Å². The molecule has 0 saturated heterocycles. The molecule has 0 N–H and O–H groups in total. The summed E-state index contributed by atoms with van der Waals surface area (Å²) in [4.78, 5) is 14.2. The van der Waals surface area contributed by atoms with Gasteiger partial charge in [0.25, 0.3) is 0 Å². The number of hydrogen-bond acceptors (Lipinski definition) is 2. The zero-order valence-corrected chi connectivity index (χ0v) is 10.6. The molecule has 0 aromatic carbocycles. The van der Waals surface area contributed by atoms with Crippen LogP contribution in [0.2, 0.25) is 0 Å². The molecule has 1 aliphatic rings. The maximum Gasteiger partial charge on any atom is 0.149 e. The minimum absolute atomic E-state index is 0.227. The lowest BCUT2D eigenvalue weighted by Crippen LogP contribution is -2.38. The average molecular weight is 211 g/mol. The van der Waals surface area contributed by atoms with Crippen LogP contribution in [0.1, 0.15) is 47.0 Å². The minimum atomic E-state index is 0.227. The molecule has 0 aromatic rings. The van der Waals surface area contributed by atoms with Crippen molar-refractivity contribution in [3.63, 3.8) is 0 Å². The van der Waals surface area contributed by atoms with Crippen LogP contribution in [0, 0.1) is 11.8 Å². The highest BCUT2D eigenvalue weighted by atomic mass is 16.1. The Labute approximate surface area is 94.0 Å². The van der Waals surface area contributed by atoms with E-state index in [-0.39, 0.29) is 5.92 Å². The summed E-state index contributed by atoms with van der Waals surface area (Å²) in [7, 11) is 0. The van der Waals surface area contributed by atoms with Crippen LogP contribution in [0.15, 0.2) is 0 Å². The standard InChI is InChI=1S/C13H25NO/c1-5-11(4)13(15)9-14(10(2)3)8-12-6-7-12/h10-12H,5-9H2,1-4H3. The molecule has 0 bridgehead atoms. The summed E-state index contributed by atoms with van der Waals surface area (Å²) < 4.78 is 0. The smallest absolute Gasteiger partial charge is 0.149 e. The molecule has 1 unspecified atom stereocenters.